The number of hydrogen-bond donors (Lipinski definition) is 1. The summed E-state index contributed by atoms with van der Waals surface area (Å²) in [6.45, 7) is 0.337. The molecule has 0 saturated heterocycles. The van der Waals surface area contributed by atoms with Gasteiger partial charge in [-0.3, -0.25) is 0 Å². The maximum atomic E-state index is 10.1. The maximum absolute atomic E-state index is 10.1. The van der Waals surface area contributed by atoms with Gasteiger partial charge in [-0.1, -0.05) is 54.2 Å². The highest BCUT2D eigenvalue weighted by Crippen LogP contribution is 2.36. The molecule has 0 fully saturated rings. The van der Waals surface area contributed by atoms with Crippen LogP contribution < -0.4 is 0 Å². The van der Waals surface area contributed by atoms with Gasteiger partial charge in [-0.05, 0) is 22.6 Å². The minimum absolute atomic E-state index is 0.0377. The first-order valence-corrected chi connectivity index (χ1v) is 8.70. The first-order valence-electron chi connectivity index (χ1n) is 7.48. The molecule has 2 aromatic carbocycles. The van der Waals surface area contributed by atoms with Crippen LogP contribution in [0.1, 0.15) is 22.9 Å². The van der Waals surface area contributed by atoms with E-state index in [0.29, 0.717) is 23.7 Å². The predicted octanol–water partition coefficient (Wildman–Crippen LogP) is 3.87. The summed E-state index contributed by atoms with van der Waals surface area (Å²) in [5.41, 5.74) is 2.75. The average Bonchev–Trinajstić information content (AvgIpc) is 2.60. The second-order valence-corrected chi connectivity index (χ2v) is 6.30. The third-order valence-corrected chi connectivity index (χ3v) is 4.76. The van der Waals surface area contributed by atoms with Crippen LogP contribution in [0.4, 0.5) is 0 Å². The summed E-state index contributed by atoms with van der Waals surface area (Å²) in [4.78, 5) is 8.64. The molecule has 4 rings (SSSR count). The molecule has 0 saturated carbocycles. The molecule has 0 aliphatic carbocycles. The first kappa shape index (κ1) is 14.5. The van der Waals surface area contributed by atoms with Gasteiger partial charge in [0, 0.05) is 6.42 Å². The summed E-state index contributed by atoms with van der Waals surface area (Å²) < 4.78 is 6.01. The molecule has 1 aliphatic heterocycles. The van der Waals surface area contributed by atoms with Crippen molar-refractivity contribution in [3.05, 3.63) is 59.3 Å². The van der Waals surface area contributed by atoms with Crippen LogP contribution in [0, 0.1) is 0 Å². The number of aromatic nitrogens is 2. The normalized spacial score (nSPS) is 17.2. The largest absolute Gasteiger partial charge is 0.493 e. The Hall–Kier alpha value is -2.11. The molecule has 0 bridgehead atoms. The topological polar surface area (TPSA) is 55.2 Å². The quantitative estimate of drug-likeness (QED) is 0.573. The number of nitrogens with zero attached hydrogens (tertiary/aromatic N) is 2. The Bertz CT molecular complexity index is 877. The fraction of sp³-hybridized carbons (Fsp3) is 0.222. The molecule has 1 N–H and O–H groups in total. The van der Waals surface area contributed by atoms with Gasteiger partial charge in [0.2, 0.25) is 5.88 Å². The van der Waals surface area contributed by atoms with Crippen molar-refractivity contribution in [3.63, 3.8) is 0 Å². The van der Waals surface area contributed by atoms with Crippen LogP contribution in [0.3, 0.4) is 0 Å². The van der Waals surface area contributed by atoms with E-state index < -0.39 is 0 Å². The van der Waals surface area contributed by atoms with Crippen LogP contribution in [0.2, 0.25) is 0 Å². The molecule has 0 amide bonds. The van der Waals surface area contributed by atoms with Crippen LogP contribution in [-0.4, -0.2) is 21.3 Å². The Balaban J connectivity index is 1.76. The first-order chi connectivity index (χ1) is 11.3. The summed E-state index contributed by atoms with van der Waals surface area (Å²) in [6, 6.07) is 14.6. The number of rotatable bonds is 2. The number of thioether (sulfide) groups is 1. The van der Waals surface area contributed by atoms with Crippen molar-refractivity contribution in [1.82, 2.24) is 9.97 Å². The number of hydrogen-bond acceptors (Lipinski definition) is 5. The minimum Gasteiger partial charge on any atom is -0.493 e. The van der Waals surface area contributed by atoms with E-state index >= 15 is 0 Å². The maximum Gasteiger partial charge on any atom is 0.220 e. The molecule has 1 unspecified atom stereocenters. The molecular weight excluding hydrogens is 308 g/mol. The molecule has 0 radical (unpaired) electrons. The van der Waals surface area contributed by atoms with E-state index in [-0.39, 0.29) is 12.0 Å². The number of ether oxygens (including phenoxy) is 1. The lowest BCUT2D eigenvalue weighted by atomic mass is 9.95. The number of benzene rings is 2. The highest BCUT2D eigenvalue weighted by Gasteiger charge is 2.26. The molecule has 116 valence electrons. The summed E-state index contributed by atoms with van der Waals surface area (Å²) >= 11 is 1.43. The molecular formula is C18H16N2O2S. The van der Waals surface area contributed by atoms with Crippen molar-refractivity contribution in [2.45, 2.75) is 24.3 Å². The summed E-state index contributed by atoms with van der Waals surface area (Å²) in [6.07, 6.45) is 2.49. The van der Waals surface area contributed by atoms with E-state index in [4.69, 9.17) is 4.74 Å². The monoisotopic (exact) mass is 324 g/mol. The third-order valence-electron chi connectivity index (χ3n) is 4.21. The smallest absolute Gasteiger partial charge is 0.220 e. The van der Waals surface area contributed by atoms with Crippen molar-refractivity contribution in [3.8, 4) is 5.88 Å². The Labute approximate surface area is 138 Å². The zero-order valence-electron chi connectivity index (χ0n) is 12.7. The fourth-order valence-corrected chi connectivity index (χ4v) is 3.43. The van der Waals surface area contributed by atoms with Gasteiger partial charge in [0.05, 0.1) is 24.0 Å². The second-order valence-electron chi connectivity index (χ2n) is 5.53. The van der Waals surface area contributed by atoms with Crippen molar-refractivity contribution in [2.75, 3.05) is 6.26 Å². The molecule has 3 aromatic rings. The highest BCUT2D eigenvalue weighted by atomic mass is 32.2. The van der Waals surface area contributed by atoms with E-state index in [2.05, 4.69) is 40.3 Å². The predicted molar refractivity (Wildman–Crippen MR) is 90.7 cm³/mol. The highest BCUT2D eigenvalue weighted by molar-refractivity contribution is 7.98. The van der Waals surface area contributed by atoms with Gasteiger partial charge in [-0.25, -0.2) is 4.98 Å². The second kappa shape index (κ2) is 5.83. The Morgan fingerprint density at radius 2 is 1.96 bits per heavy atom. The molecule has 2 heterocycles. The van der Waals surface area contributed by atoms with Gasteiger partial charge in [0.25, 0.3) is 0 Å². The van der Waals surface area contributed by atoms with Crippen LogP contribution in [0.15, 0.2) is 47.6 Å². The van der Waals surface area contributed by atoms with Crippen molar-refractivity contribution < 1.29 is 9.84 Å². The van der Waals surface area contributed by atoms with E-state index in [1.54, 1.807) is 0 Å². The van der Waals surface area contributed by atoms with Crippen LogP contribution in [0.5, 0.6) is 5.88 Å². The molecule has 1 aliphatic rings. The summed E-state index contributed by atoms with van der Waals surface area (Å²) in [5, 5.41) is 13.1. The summed E-state index contributed by atoms with van der Waals surface area (Å²) in [5.74, 6) is 0.0377. The van der Waals surface area contributed by atoms with Gasteiger partial charge < -0.3 is 9.84 Å². The van der Waals surface area contributed by atoms with E-state index in [9.17, 15) is 5.11 Å². The lowest BCUT2D eigenvalue weighted by Crippen LogP contribution is -2.18. The molecule has 4 nitrogen and oxygen atoms in total. The molecule has 1 atom stereocenters. The van der Waals surface area contributed by atoms with Crippen molar-refractivity contribution in [1.29, 1.82) is 0 Å². The van der Waals surface area contributed by atoms with Crippen molar-refractivity contribution in [2.24, 2.45) is 0 Å². The standard InChI is InChI=1S/C18H16N2O2S/c1-23-18-19-15-9-16(22-10-14(15)17(21)20-18)13-8-4-6-11-5-2-3-7-12(11)13/h2-8,16H,9-10H2,1H3,(H,19,20,21). The Morgan fingerprint density at radius 3 is 2.83 bits per heavy atom. The lowest BCUT2D eigenvalue weighted by molar-refractivity contribution is 0.0247. The Morgan fingerprint density at radius 1 is 1.13 bits per heavy atom. The van der Waals surface area contributed by atoms with Gasteiger partial charge in [-0.15, -0.1) is 0 Å². The fourth-order valence-electron chi connectivity index (χ4n) is 3.05. The molecule has 5 heteroatoms. The molecule has 1 aromatic heterocycles. The lowest BCUT2D eigenvalue weighted by Gasteiger charge is -2.26. The zero-order chi connectivity index (χ0) is 15.8. The minimum atomic E-state index is -0.0578. The molecule has 23 heavy (non-hydrogen) atoms. The van der Waals surface area contributed by atoms with E-state index in [0.717, 1.165) is 11.3 Å². The Kier molecular flexibility index (Phi) is 3.67. The number of fused-ring (bicyclic) bond motifs is 2. The zero-order valence-corrected chi connectivity index (χ0v) is 13.5. The van der Waals surface area contributed by atoms with Gasteiger partial charge in [0.15, 0.2) is 5.16 Å². The SMILES string of the molecule is CSc1nc(O)c2c(n1)CC(c1cccc3ccccc13)OC2. The average molecular weight is 324 g/mol. The van der Waals surface area contributed by atoms with Crippen LogP contribution >= 0.6 is 11.8 Å². The van der Waals surface area contributed by atoms with Gasteiger partial charge >= 0.3 is 0 Å². The summed E-state index contributed by atoms with van der Waals surface area (Å²) in [7, 11) is 0. The third kappa shape index (κ3) is 2.56. The number of aromatic hydroxyl groups is 1. The van der Waals surface area contributed by atoms with Gasteiger partial charge in [-0.2, -0.15) is 4.98 Å². The van der Waals surface area contributed by atoms with Crippen molar-refractivity contribution >= 4 is 22.5 Å². The van der Waals surface area contributed by atoms with Crippen LogP contribution in [-0.2, 0) is 17.8 Å². The van der Waals surface area contributed by atoms with E-state index in [1.807, 2.05) is 18.4 Å². The molecule has 0 spiro atoms. The van der Waals surface area contributed by atoms with Crippen LogP contribution in [0.25, 0.3) is 10.8 Å². The van der Waals surface area contributed by atoms with E-state index in [1.165, 1.54) is 22.5 Å². The van der Waals surface area contributed by atoms with Gasteiger partial charge in [0.1, 0.15) is 0 Å².